The molecule has 0 N–H and O–H groups in total. The highest BCUT2D eigenvalue weighted by molar-refractivity contribution is 8.03. The van der Waals surface area contributed by atoms with Crippen LogP contribution in [0.1, 0.15) is 117 Å². The van der Waals surface area contributed by atoms with E-state index in [1.54, 1.807) is 0 Å². The predicted molar refractivity (Wildman–Crippen MR) is 173 cm³/mol. The first kappa shape index (κ1) is 30.5. The van der Waals surface area contributed by atoms with Crippen LogP contribution in [0.2, 0.25) is 0 Å². The second-order valence-corrected chi connectivity index (χ2v) is 14.2. The van der Waals surface area contributed by atoms with Crippen molar-refractivity contribution in [3.8, 4) is 33.8 Å². The van der Waals surface area contributed by atoms with E-state index in [1.165, 1.54) is 121 Å². The van der Waals surface area contributed by atoms with Gasteiger partial charge in [-0.3, -0.25) is 0 Å². The van der Waals surface area contributed by atoms with Gasteiger partial charge in [0.2, 0.25) is 0 Å². The van der Waals surface area contributed by atoms with Crippen molar-refractivity contribution in [2.75, 3.05) is 13.2 Å². The smallest absolute Gasteiger partial charge is 0.161 e. The maximum atomic E-state index is 6.46. The van der Waals surface area contributed by atoms with Crippen molar-refractivity contribution >= 4 is 34.4 Å². The molecule has 0 saturated heterocycles. The van der Waals surface area contributed by atoms with Crippen LogP contribution in [0.25, 0.3) is 22.3 Å². The minimum atomic E-state index is 0.761. The molecule has 1 aliphatic heterocycles. The number of thiophene rings is 2. The number of hydrogen-bond acceptors (Lipinski definition) is 5. The Bertz CT molecular complexity index is 1010. The summed E-state index contributed by atoms with van der Waals surface area (Å²) in [6, 6.07) is 9.07. The van der Waals surface area contributed by atoms with Gasteiger partial charge in [-0.1, -0.05) is 116 Å². The van der Waals surface area contributed by atoms with E-state index in [2.05, 4.69) is 48.9 Å². The SMILES string of the molecule is CCCCCCCCCCOc1cc2c(cc1OCCCCCCCCCC)-c1ccsc1Sc1sccc1-2. The summed E-state index contributed by atoms with van der Waals surface area (Å²) in [6.07, 6.45) is 21.0. The monoisotopic (exact) mass is 584 g/mol. The molecule has 0 fully saturated rings. The molecule has 0 amide bonds. The lowest BCUT2D eigenvalue weighted by Crippen LogP contribution is -2.04. The van der Waals surface area contributed by atoms with Gasteiger partial charge in [0.25, 0.3) is 0 Å². The second kappa shape index (κ2) is 17.4. The quantitative estimate of drug-likeness (QED) is 0.0963. The average Bonchev–Trinajstić information content (AvgIpc) is 3.59. The molecule has 214 valence electrons. The molecule has 3 heterocycles. The molecule has 0 radical (unpaired) electrons. The Balaban J connectivity index is 1.39. The normalized spacial score (nSPS) is 12.1. The van der Waals surface area contributed by atoms with Crippen LogP contribution in [0.15, 0.2) is 43.4 Å². The first-order valence-corrected chi connectivity index (χ1v) is 18.2. The van der Waals surface area contributed by atoms with Crippen molar-refractivity contribution in [3.05, 3.63) is 35.0 Å². The summed E-state index contributed by atoms with van der Waals surface area (Å²) < 4.78 is 15.7. The third kappa shape index (κ3) is 9.30. The maximum absolute atomic E-state index is 6.46. The summed E-state index contributed by atoms with van der Waals surface area (Å²) >= 11 is 5.58. The van der Waals surface area contributed by atoms with Crippen molar-refractivity contribution in [1.29, 1.82) is 0 Å². The highest BCUT2D eigenvalue weighted by Gasteiger charge is 2.24. The van der Waals surface area contributed by atoms with Crippen LogP contribution in [0.4, 0.5) is 0 Å². The highest BCUT2D eigenvalue weighted by atomic mass is 32.2. The highest BCUT2D eigenvalue weighted by Crippen LogP contribution is 2.54. The van der Waals surface area contributed by atoms with E-state index in [9.17, 15) is 0 Å². The lowest BCUT2D eigenvalue weighted by Gasteiger charge is -2.17. The van der Waals surface area contributed by atoms with Gasteiger partial charge in [-0.25, -0.2) is 0 Å². The summed E-state index contributed by atoms with van der Waals surface area (Å²) in [5.74, 6) is 1.83. The van der Waals surface area contributed by atoms with Gasteiger partial charge in [0.15, 0.2) is 11.5 Å². The van der Waals surface area contributed by atoms with Gasteiger partial charge in [-0.05, 0) is 59.0 Å². The van der Waals surface area contributed by atoms with Crippen LogP contribution in [0, 0.1) is 0 Å². The van der Waals surface area contributed by atoms with Crippen molar-refractivity contribution < 1.29 is 9.47 Å². The summed E-state index contributed by atoms with van der Waals surface area (Å²) in [4.78, 5) is 0. The largest absolute Gasteiger partial charge is 0.490 e. The minimum Gasteiger partial charge on any atom is -0.490 e. The zero-order chi connectivity index (χ0) is 27.1. The van der Waals surface area contributed by atoms with E-state index < -0.39 is 0 Å². The molecule has 0 saturated carbocycles. The summed E-state index contributed by atoms with van der Waals surface area (Å²) in [5.41, 5.74) is 5.22. The van der Waals surface area contributed by atoms with E-state index in [1.807, 2.05) is 34.4 Å². The predicted octanol–water partition coefficient (Wildman–Crippen LogP) is 12.6. The van der Waals surface area contributed by atoms with Crippen LogP contribution in [0.5, 0.6) is 11.5 Å². The fourth-order valence-electron chi connectivity index (χ4n) is 5.30. The third-order valence-corrected chi connectivity index (χ3v) is 10.9. The lowest BCUT2D eigenvalue weighted by molar-refractivity contribution is 0.258. The molecule has 0 aliphatic carbocycles. The van der Waals surface area contributed by atoms with E-state index in [-0.39, 0.29) is 0 Å². The van der Waals surface area contributed by atoms with Crippen LogP contribution < -0.4 is 9.47 Å². The van der Waals surface area contributed by atoms with Gasteiger partial charge in [0.1, 0.15) is 0 Å². The van der Waals surface area contributed by atoms with Gasteiger partial charge in [-0.2, -0.15) is 0 Å². The van der Waals surface area contributed by atoms with E-state index in [0.717, 1.165) is 37.6 Å². The molecule has 5 heteroatoms. The molecule has 1 aromatic carbocycles. The van der Waals surface area contributed by atoms with E-state index in [4.69, 9.17) is 9.47 Å². The zero-order valence-electron chi connectivity index (χ0n) is 24.2. The third-order valence-electron chi connectivity index (χ3n) is 7.62. The van der Waals surface area contributed by atoms with Crippen LogP contribution in [-0.4, -0.2) is 13.2 Å². The topological polar surface area (TPSA) is 18.5 Å². The molecule has 0 bridgehead atoms. The van der Waals surface area contributed by atoms with Gasteiger partial charge in [0.05, 0.1) is 21.6 Å². The Hall–Kier alpha value is -1.43. The van der Waals surface area contributed by atoms with Crippen molar-refractivity contribution in [2.45, 2.75) is 125 Å². The molecule has 0 unspecified atom stereocenters. The van der Waals surface area contributed by atoms with E-state index >= 15 is 0 Å². The molecule has 1 aliphatic rings. The van der Waals surface area contributed by atoms with Gasteiger partial charge >= 0.3 is 0 Å². The molecule has 3 aromatic rings. The van der Waals surface area contributed by atoms with Crippen molar-refractivity contribution in [2.24, 2.45) is 0 Å². The fraction of sp³-hybridized carbons (Fsp3) is 0.588. The first-order chi connectivity index (χ1) is 19.3. The minimum absolute atomic E-state index is 0.761. The second-order valence-electron chi connectivity index (χ2n) is 10.8. The maximum Gasteiger partial charge on any atom is 0.161 e. The molecule has 2 aromatic heterocycles. The Labute approximate surface area is 249 Å². The molecule has 39 heavy (non-hydrogen) atoms. The Morgan fingerprint density at radius 3 is 1.28 bits per heavy atom. The standard InChI is InChI=1S/C34H48O2S3/c1-3-5-7-9-11-13-15-17-21-35-31-25-29-27-19-23-37-33(27)39-34-28(20-24-38-34)30(29)26-32(31)36-22-18-16-14-12-10-8-6-4-2/h19-20,23-26H,3-18,21-22H2,1-2H3. The molecule has 4 rings (SSSR count). The van der Waals surface area contributed by atoms with E-state index in [0.29, 0.717) is 0 Å². The molecular formula is C34H48O2S3. The summed E-state index contributed by atoms with van der Waals surface area (Å²) in [5, 5.41) is 4.43. The fourth-order valence-corrected chi connectivity index (χ4v) is 8.69. The van der Waals surface area contributed by atoms with Gasteiger partial charge < -0.3 is 9.47 Å². The lowest BCUT2D eigenvalue weighted by atomic mass is 9.97. The first-order valence-electron chi connectivity index (χ1n) is 15.6. The summed E-state index contributed by atoms with van der Waals surface area (Å²) in [7, 11) is 0. The Morgan fingerprint density at radius 2 is 0.872 bits per heavy atom. The Kier molecular flexibility index (Phi) is 13.6. The van der Waals surface area contributed by atoms with Crippen LogP contribution in [-0.2, 0) is 0 Å². The van der Waals surface area contributed by atoms with Crippen molar-refractivity contribution in [3.63, 3.8) is 0 Å². The number of hydrogen-bond donors (Lipinski definition) is 0. The Morgan fingerprint density at radius 1 is 0.487 bits per heavy atom. The number of rotatable bonds is 20. The molecule has 0 spiro atoms. The van der Waals surface area contributed by atoms with Gasteiger partial charge in [0, 0.05) is 11.1 Å². The molecule has 2 nitrogen and oxygen atoms in total. The number of benzene rings is 1. The average molecular weight is 585 g/mol. The number of fused-ring (bicyclic) bond motifs is 5. The van der Waals surface area contributed by atoms with Gasteiger partial charge in [-0.15, -0.1) is 22.7 Å². The van der Waals surface area contributed by atoms with Crippen molar-refractivity contribution in [1.82, 2.24) is 0 Å². The van der Waals surface area contributed by atoms with Crippen LogP contribution in [0.3, 0.4) is 0 Å². The summed E-state index contributed by atoms with van der Waals surface area (Å²) in [6.45, 7) is 6.09. The molecular weight excluding hydrogens is 537 g/mol. The zero-order valence-corrected chi connectivity index (χ0v) is 26.7. The van der Waals surface area contributed by atoms with Crippen LogP contribution >= 0.6 is 34.4 Å². The molecule has 0 atom stereocenters. The number of unbranched alkanes of at least 4 members (excludes halogenated alkanes) is 14. The number of ether oxygens (including phenoxy) is 2.